The maximum atomic E-state index is 12.8. The second-order valence-electron chi connectivity index (χ2n) is 5.62. The van der Waals surface area contributed by atoms with Crippen LogP contribution < -0.4 is 0 Å². The SMILES string of the molecule is CCOC(=O)c1[nH]nc(C(=O)C(C)COC(C)=O)c1-c1ccc(Cl)cc1. The Morgan fingerprint density at radius 2 is 1.85 bits per heavy atom. The summed E-state index contributed by atoms with van der Waals surface area (Å²) >= 11 is 5.92. The first kappa shape index (κ1) is 19.7. The fraction of sp³-hybridized carbons (Fsp3) is 0.333. The number of aromatic amines is 1. The zero-order valence-electron chi connectivity index (χ0n) is 14.7. The zero-order chi connectivity index (χ0) is 19.3. The third-order valence-electron chi connectivity index (χ3n) is 3.60. The van der Waals surface area contributed by atoms with E-state index in [9.17, 15) is 14.4 Å². The predicted octanol–water partition coefficient (Wildman–Crippen LogP) is 3.29. The van der Waals surface area contributed by atoms with E-state index in [1.165, 1.54) is 6.92 Å². The Bertz CT molecular complexity index is 813. The number of ketones is 1. The Hall–Kier alpha value is -2.67. The van der Waals surface area contributed by atoms with Gasteiger partial charge >= 0.3 is 11.9 Å². The van der Waals surface area contributed by atoms with Gasteiger partial charge in [0.25, 0.3) is 0 Å². The van der Waals surface area contributed by atoms with Crippen LogP contribution in [0.1, 0.15) is 41.7 Å². The largest absolute Gasteiger partial charge is 0.465 e. The highest BCUT2D eigenvalue weighted by Crippen LogP contribution is 2.29. The molecule has 0 aliphatic rings. The molecule has 1 N–H and O–H groups in total. The van der Waals surface area contributed by atoms with Crippen molar-refractivity contribution in [2.45, 2.75) is 20.8 Å². The van der Waals surface area contributed by atoms with Crippen LogP contribution in [0, 0.1) is 5.92 Å². The zero-order valence-corrected chi connectivity index (χ0v) is 15.4. The van der Waals surface area contributed by atoms with Crippen molar-refractivity contribution < 1.29 is 23.9 Å². The number of nitrogens with one attached hydrogen (secondary N) is 1. The molecule has 0 amide bonds. The Morgan fingerprint density at radius 3 is 2.42 bits per heavy atom. The average Bonchev–Trinajstić information content (AvgIpc) is 3.04. The molecule has 1 aromatic carbocycles. The second kappa shape index (κ2) is 8.62. The van der Waals surface area contributed by atoms with Gasteiger partial charge < -0.3 is 9.47 Å². The van der Waals surface area contributed by atoms with Crippen molar-refractivity contribution in [3.05, 3.63) is 40.7 Å². The molecular weight excluding hydrogens is 360 g/mol. The van der Waals surface area contributed by atoms with Gasteiger partial charge in [-0.2, -0.15) is 5.10 Å². The molecule has 1 atom stereocenters. The number of benzene rings is 1. The van der Waals surface area contributed by atoms with E-state index >= 15 is 0 Å². The first-order valence-corrected chi connectivity index (χ1v) is 8.41. The number of hydrogen-bond acceptors (Lipinski definition) is 6. The van der Waals surface area contributed by atoms with Crippen molar-refractivity contribution in [3.63, 3.8) is 0 Å². The third kappa shape index (κ3) is 4.49. The molecule has 0 saturated carbocycles. The highest BCUT2D eigenvalue weighted by atomic mass is 35.5. The summed E-state index contributed by atoms with van der Waals surface area (Å²) in [6, 6.07) is 6.66. The van der Waals surface area contributed by atoms with Gasteiger partial charge in [0, 0.05) is 17.5 Å². The molecule has 0 spiro atoms. The summed E-state index contributed by atoms with van der Waals surface area (Å²) in [5.74, 6) is -2.07. The van der Waals surface area contributed by atoms with Crippen LogP contribution in [0.5, 0.6) is 0 Å². The molecule has 2 rings (SSSR count). The molecule has 0 saturated heterocycles. The molecule has 26 heavy (non-hydrogen) atoms. The Kier molecular flexibility index (Phi) is 6.52. The van der Waals surface area contributed by atoms with E-state index in [1.54, 1.807) is 38.1 Å². The monoisotopic (exact) mass is 378 g/mol. The number of H-pyrrole nitrogens is 1. The molecule has 0 aliphatic carbocycles. The van der Waals surface area contributed by atoms with Gasteiger partial charge in [-0.15, -0.1) is 0 Å². The fourth-order valence-corrected chi connectivity index (χ4v) is 2.45. The lowest BCUT2D eigenvalue weighted by Gasteiger charge is -2.11. The molecule has 0 aliphatic heterocycles. The second-order valence-corrected chi connectivity index (χ2v) is 6.05. The van der Waals surface area contributed by atoms with E-state index in [4.69, 9.17) is 21.1 Å². The van der Waals surface area contributed by atoms with Crippen molar-refractivity contribution in [1.82, 2.24) is 10.2 Å². The van der Waals surface area contributed by atoms with E-state index in [2.05, 4.69) is 10.2 Å². The summed E-state index contributed by atoms with van der Waals surface area (Å²) in [4.78, 5) is 36.0. The van der Waals surface area contributed by atoms with E-state index in [-0.39, 0.29) is 30.4 Å². The molecule has 0 radical (unpaired) electrons. The molecule has 1 unspecified atom stereocenters. The van der Waals surface area contributed by atoms with E-state index in [0.29, 0.717) is 16.1 Å². The van der Waals surface area contributed by atoms with E-state index < -0.39 is 17.9 Å². The minimum absolute atomic E-state index is 0.0736. The molecule has 7 nitrogen and oxygen atoms in total. The fourth-order valence-electron chi connectivity index (χ4n) is 2.32. The predicted molar refractivity (Wildman–Crippen MR) is 95.1 cm³/mol. The summed E-state index contributed by atoms with van der Waals surface area (Å²) < 4.78 is 9.92. The molecule has 0 fully saturated rings. The Morgan fingerprint density at radius 1 is 1.19 bits per heavy atom. The van der Waals surface area contributed by atoms with Crippen LogP contribution in [0.2, 0.25) is 5.02 Å². The highest BCUT2D eigenvalue weighted by Gasteiger charge is 2.28. The van der Waals surface area contributed by atoms with Crippen molar-refractivity contribution in [2.75, 3.05) is 13.2 Å². The molecule has 138 valence electrons. The topological polar surface area (TPSA) is 98.4 Å². The Balaban J connectivity index is 2.45. The molecule has 8 heteroatoms. The molecule has 2 aromatic rings. The van der Waals surface area contributed by atoms with Crippen LogP contribution in [0.3, 0.4) is 0 Å². The number of halogens is 1. The minimum atomic E-state index is -0.622. The number of Topliss-reactive ketones (excluding diaryl/α,β-unsaturated/α-hetero) is 1. The summed E-state index contributed by atoms with van der Waals surface area (Å²) in [5, 5.41) is 7.12. The van der Waals surface area contributed by atoms with Gasteiger partial charge in [-0.3, -0.25) is 14.7 Å². The molecule has 1 aromatic heterocycles. The summed E-state index contributed by atoms with van der Waals surface area (Å²) in [7, 11) is 0. The van der Waals surface area contributed by atoms with Crippen LogP contribution in [0.15, 0.2) is 24.3 Å². The van der Waals surface area contributed by atoms with Crippen LogP contribution in [0.4, 0.5) is 0 Å². The van der Waals surface area contributed by atoms with Gasteiger partial charge in [-0.05, 0) is 24.6 Å². The first-order chi connectivity index (χ1) is 12.3. The number of rotatable bonds is 7. The van der Waals surface area contributed by atoms with Gasteiger partial charge in [-0.25, -0.2) is 4.79 Å². The Labute approximate surface area is 155 Å². The van der Waals surface area contributed by atoms with Gasteiger partial charge in [0.05, 0.1) is 12.5 Å². The van der Waals surface area contributed by atoms with Crippen LogP contribution in [-0.4, -0.2) is 41.1 Å². The quantitative estimate of drug-likeness (QED) is 0.586. The highest BCUT2D eigenvalue weighted by molar-refractivity contribution is 6.30. The van der Waals surface area contributed by atoms with Crippen molar-refractivity contribution in [3.8, 4) is 11.1 Å². The van der Waals surface area contributed by atoms with Crippen LogP contribution in [-0.2, 0) is 14.3 Å². The molecular formula is C18H19ClN2O5. The number of aromatic nitrogens is 2. The smallest absolute Gasteiger partial charge is 0.357 e. The number of carbonyl (C=O) groups is 3. The number of nitrogens with zero attached hydrogens (tertiary/aromatic N) is 1. The summed E-state index contributed by atoms with van der Waals surface area (Å²) in [6.07, 6.45) is 0. The van der Waals surface area contributed by atoms with E-state index in [0.717, 1.165) is 0 Å². The van der Waals surface area contributed by atoms with Crippen LogP contribution >= 0.6 is 11.6 Å². The van der Waals surface area contributed by atoms with Crippen molar-refractivity contribution >= 4 is 29.3 Å². The maximum absolute atomic E-state index is 12.8. The first-order valence-electron chi connectivity index (χ1n) is 8.04. The van der Waals surface area contributed by atoms with E-state index in [1.807, 2.05) is 0 Å². The summed E-state index contributed by atoms with van der Waals surface area (Å²) in [5.41, 5.74) is 1.08. The lowest BCUT2D eigenvalue weighted by atomic mass is 9.96. The number of ether oxygens (including phenoxy) is 2. The number of esters is 2. The van der Waals surface area contributed by atoms with Gasteiger partial charge in [0.15, 0.2) is 11.5 Å². The maximum Gasteiger partial charge on any atom is 0.357 e. The third-order valence-corrected chi connectivity index (χ3v) is 3.85. The van der Waals surface area contributed by atoms with Gasteiger partial charge in [0.1, 0.15) is 12.3 Å². The van der Waals surface area contributed by atoms with Gasteiger partial charge in [-0.1, -0.05) is 30.7 Å². The normalized spacial score (nSPS) is 11.7. The summed E-state index contributed by atoms with van der Waals surface area (Å²) in [6.45, 7) is 4.68. The van der Waals surface area contributed by atoms with Gasteiger partial charge in [0.2, 0.25) is 0 Å². The minimum Gasteiger partial charge on any atom is -0.465 e. The lowest BCUT2D eigenvalue weighted by molar-refractivity contribution is -0.141. The van der Waals surface area contributed by atoms with Crippen molar-refractivity contribution in [1.29, 1.82) is 0 Å². The number of carbonyl (C=O) groups excluding carboxylic acids is 3. The molecule has 1 heterocycles. The number of hydrogen-bond donors (Lipinski definition) is 1. The van der Waals surface area contributed by atoms with Crippen LogP contribution in [0.25, 0.3) is 11.1 Å². The average molecular weight is 379 g/mol. The van der Waals surface area contributed by atoms with Crippen molar-refractivity contribution in [2.24, 2.45) is 5.92 Å². The lowest BCUT2D eigenvalue weighted by Crippen LogP contribution is -2.20. The standard InChI is InChI=1S/C18H19ClN2O5/c1-4-25-18(24)16-14(12-5-7-13(19)8-6-12)15(20-21-16)17(23)10(2)9-26-11(3)22/h5-8,10H,4,9H2,1-3H3,(H,20,21). The molecule has 0 bridgehead atoms.